The van der Waals surface area contributed by atoms with Gasteiger partial charge in [-0.25, -0.2) is 4.79 Å². The molecule has 126 valence electrons. The quantitative estimate of drug-likeness (QED) is 0.742. The molecule has 1 spiro atoms. The highest BCUT2D eigenvalue weighted by atomic mass is 79.9. The fourth-order valence-electron chi connectivity index (χ4n) is 3.85. The van der Waals surface area contributed by atoms with E-state index in [9.17, 15) is 4.79 Å². The van der Waals surface area contributed by atoms with E-state index in [-0.39, 0.29) is 17.6 Å². The van der Waals surface area contributed by atoms with E-state index in [1.54, 1.807) is 0 Å². The summed E-state index contributed by atoms with van der Waals surface area (Å²) in [5.41, 5.74) is -0.0916. The highest BCUT2D eigenvalue weighted by molar-refractivity contribution is 9.10. The molecule has 23 heavy (non-hydrogen) atoms. The third kappa shape index (κ3) is 2.85. The summed E-state index contributed by atoms with van der Waals surface area (Å²) in [6.45, 7) is 4.72. The van der Waals surface area contributed by atoms with Crippen LogP contribution < -0.4 is 10.6 Å². The van der Waals surface area contributed by atoms with Gasteiger partial charge in [0.05, 0.1) is 24.8 Å². The van der Waals surface area contributed by atoms with Gasteiger partial charge in [0.2, 0.25) is 0 Å². The Morgan fingerprint density at radius 3 is 3.00 bits per heavy atom. The number of carbonyl (C=O) groups excluding carboxylic acids is 1. The van der Waals surface area contributed by atoms with E-state index in [0.717, 1.165) is 56.0 Å². The number of ether oxygens (including phenoxy) is 1. The van der Waals surface area contributed by atoms with Crippen LogP contribution in [0.3, 0.4) is 0 Å². The van der Waals surface area contributed by atoms with Crippen LogP contribution >= 0.6 is 15.9 Å². The fraction of sp³-hybridized carbons (Fsp3) is 0.786. The molecule has 2 atom stereocenters. The van der Waals surface area contributed by atoms with Gasteiger partial charge < -0.3 is 19.9 Å². The van der Waals surface area contributed by atoms with Gasteiger partial charge in [0.15, 0.2) is 10.6 Å². The largest absolute Gasteiger partial charge is 0.377 e. The van der Waals surface area contributed by atoms with Gasteiger partial charge in [-0.1, -0.05) is 0 Å². The van der Waals surface area contributed by atoms with Crippen molar-refractivity contribution < 1.29 is 9.53 Å². The molecule has 0 bridgehead atoms. The normalized spacial score (nSPS) is 32.0. The smallest absolute Gasteiger partial charge is 0.315 e. The molecule has 0 aliphatic carbocycles. The molecular weight excluding hydrogens is 364 g/mol. The minimum atomic E-state index is -0.0916. The van der Waals surface area contributed by atoms with Crippen molar-refractivity contribution in [3.8, 4) is 0 Å². The van der Waals surface area contributed by atoms with Gasteiger partial charge in [0.25, 0.3) is 0 Å². The van der Waals surface area contributed by atoms with Crippen LogP contribution in [0.2, 0.25) is 0 Å². The second-order valence-corrected chi connectivity index (χ2v) is 7.26. The Bertz CT molecular complexity index is 608. The molecule has 3 aliphatic rings. The maximum atomic E-state index is 11.5. The molecule has 4 heterocycles. The molecule has 1 aromatic rings. The minimum Gasteiger partial charge on any atom is -0.377 e. The third-order valence-electron chi connectivity index (χ3n) is 5.15. The van der Waals surface area contributed by atoms with Crippen molar-refractivity contribution in [2.75, 3.05) is 32.8 Å². The molecule has 8 nitrogen and oxygen atoms in total. The Balaban J connectivity index is 1.53. The number of hydrogen-bond donors (Lipinski definition) is 2. The molecule has 4 rings (SSSR count). The van der Waals surface area contributed by atoms with Gasteiger partial charge in [-0.3, -0.25) is 4.90 Å². The van der Waals surface area contributed by atoms with Gasteiger partial charge in [0.1, 0.15) is 0 Å². The van der Waals surface area contributed by atoms with Crippen LogP contribution in [-0.4, -0.2) is 64.1 Å². The number of hydrogen-bond acceptors (Lipinski definition) is 5. The summed E-state index contributed by atoms with van der Waals surface area (Å²) in [6, 6.07) is 0.0800. The molecule has 3 aliphatic heterocycles. The number of nitrogens with zero attached hydrogens (tertiary/aromatic N) is 4. The Hall–Kier alpha value is -1.19. The molecule has 2 N–H and O–H groups in total. The summed E-state index contributed by atoms with van der Waals surface area (Å²) >= 11 is 3.47. The monoisotopic (exact) mass is 384 g/mol. The first-order valence-corrected chi connectivity index (χ1v) is 8.93. The van der Waals surface area contributed by atoms with Crippen LogP contribution in [0.1, 0.15) is 31.1 Å². The average Bonchev–Trinajstić information content (AvgIpc) is 2.91. The molecule has 9 heteroatoms. The highest BCUT2D eigenvalue weighted by Crippen LogP contribution is 2.30. The van der Waals surface area contributed by atoms with Crippen molar-refractivity contribution in [3.63, 3.8) is 0 Å². The van der Waals surface area contributed by atoms with Crippen molar-refractivity contribution in [1.82, 2.24) is 30.3 Å². The van der Waals surface area contributed by atoms with Crippen molar-refractivity contribution in [2.24, 2.45) is 0 Å². The SMILES string of the molecule is O=C1NCC2(CCCN(C3COCCn4c(Br)nnc43)CC2)N1. The molecule has 2 unspecified atom stereocenters. The first-order chi connectivity index (χ1) is 11.2. The van der Waals surface area contributed by atoms with Crippen molar-refractivity contribution in [1.29, 1.82) is 0 Å². The highest BCUT2D eigenvalue weighted by Gasteiger charge is 2.40. The molecule has 2 saturated heterocycles. The lowest BCUT2D eigenvalue weighted by Gasteiger charge is -2.30. The summed E-state index contributed by atoms with van der Waals surface area (Å²) in [7, 11) is 0. The predicted octanol–water partition coefficient (Wildman–Crippen LogP) is 0.649. The first kappa shape index (κ1) is 15.3. The zero-order chi connectivity index (χ0) is 15.9. The van der Waals surface area contributed by atoms with E-state index in [2.05, 4.69) is 46.2 Å². The predicted molar refractivity (Wildman–Crippen MR) is 86.0 cm³/mol. The number of fused-ring (bicyclic) bond motifs is 1. The van der Waals surface area contributed by atoms with Crippen molar-refractivity contribution in [2.45, 2.75) is 37.4 Å². The standard InChI is InChI=1S/C14H21BrN6O2/c15-12-19-18-11-10(8-23-7-6-21(11)12)20-4-1-2-14(3-5-20)9-16-13(22)17-14/h10H,1-9H2,(H2,16,17,22). The molecule has 0 saturated carbocycles. The van der Waals surface area contributed by atoms with E-state index in [1.807, 2.05) is 0 Å². The van der Waals surface area contributed by atoms with Crippen molar-refractivity contribution in [3.05, 3.63) is 10.6 Å². The number of rotatable bonds is 1. The van der Waals surface area contributed by atoms with Gasteiger partial charge >= 0.3 is 6.03 Å². The lowest BCUT2D eigenvalue weighted by molar-refractivity contribution is 0.0658. The Kier molecular flexibility index (Phi) is 4.02. The Morgan fingerprint density at radius 1 is 1.26 bits per heavy atom. The number of halogens is 1. The van der Waals surface area contributed by atoms with Crippen LogP contribution in [0.4, 0.5) is 4.79 Å². The maximum Gasteiger partial charge on any atom is 0.315 e. The molecule has 0 aromatic carbocycles. The zero-order valence-corrected chi connectivity index (χ0v) is 14.5. The van der Waals surface area contributed by atoms with Gasteiger partial charge in [0, 0.05) is 19.6 Å². The van der Waals surface area contributed by atoms with Crippen LogP contribution in [0.5, 0.6) is 0 Å². The number of nitrogens with one attached hydrogen (secondary N) is 2. The van der Waals surface area contributed by atoms with Crippen LogP contribution in [-0.2, 0) is 11.3 Å². The van der Waals surface area contributed by atoms with Crippen LogP contribution in [0.25, 0.3) is 0 Å². The number of urea groups is 1. The van der Waals surface area contributed by atoms with Crippen molar-refractivity contribution >= 4 is 22.0 Å². The van der Waals surface area contributed by atoms with E-state index in [0.29, 0.717) is 13.2 Å². The van der Waals surface area contributed by atoms with Gasteiger partial charge in [-0.2, -0.15) is 0 Å². The fourth-order valence-corrected chi connectivity index (χ4v) is 4.29. The Morgan fingerprint density at radius 2 is 2.17 bits per heavy atom. The molecule has 1 aromatic heterocycles. The average molecular weight is 385 g/mol. The van der Waals surface area contributed by atoms with Gasteiger partial charge in [-0.05, 0) is 41.7 Å². The Labute approximate surface area is 143 Å². The third-order valence-corrected chi connectivity index (χ3v) is 5.74. The van der Waals surface area contributed by atoms with E-state index in [4.69, 9.17) is 4.74 Å². The van der Waals surface area contributed by atoms with Crippen LogP contribution in [0.15, 0.2) is 4.73 Å². The number of aromatic nitrogens is 3. The summed E-state index contributed by atoms with van der Waals surface area (Å²) in [6.07, 6.45) is 3.00. The number of carbonyl (C=O) groups is 1. The van der Waals surface area contributed by atoms with E-state index < -0.39 is 0 Å². The summed E-state index contributed by atoms with van der Waals surface area (Å²) in [4.78, 5) is 14.0. The second kappa shape index (κ2) is 6.03. The number of likely N-dealkylation sites (tertiary alicyclic amines) is 1. The summed E-state index contributed by atoms with van der Waals surface area (Å²) < 4.78 is 8.66. The minimum absolute atomic E-state index is 0.0417. The summed E-state index contributed by atoms with van der Waals surface area (Å²) in [5.74, 6) is 0.971. The van der Waals surface area contributed by atoms with Gasteiger partial charge in [-0.15, -0.1) is 10.2 Å². The number of amides is 2. The van der Waals surface area contributed by atoms with E-state index in [1.165, 1.54) is 0 Å². The topological polar surface area (TPSA) is 84.3 Å². The summed E-state index contributed by atoms with van der Waals surface area (Å²) in [5, 5.41) is 14.6. The molecular formula is C14H21BrN6O2. The van der Waals surface area contributed by atoms with E-state index >= 15 is 0 Å². The lowest BCUT2D eigenvalue weighted by atomic mass is 9.92. The maximum absolute atomic E-state index is 11.5. The van der Waals surface area contributed by atoms with Crippen LogP contribution in [0, 0.1) is 0 Å². The lowest BCUT2D eigenvalue weighted by Crippen LogP contribution is -2.44. The molecule has 0 radical (unpaired) electrons. The second-order valence-electron chi connectivity index (χ2n) is 6.55. The first-order valence-electron chi connectivity index (χ1n) is 8.13. The molecule has 2 fully saturated rings. The zero-order valence-electron chi connectivity index (χ0n) is 12.9. The molecule has 2 amide bonds.